The number of benzene rings is 1. The largest absolute Gasteiger partial charge is 0.464 e. The monoisotopic (exact) mass is 251 g/mol. The Kier molecular flexibility index (Phi) is 4.25. The molecule has 0 radical (unpaired) electrons. The Morgan fingerprint density at radius 3 is 2.00 bits per heavy atom. The molecule has 0 unspecified atom stereocenters. The molecular weight excluding hydrogens is 238 g/mol. The molecule has 0 atom stereocenters. The van der Waals surface area contributed by atoms with E-state index in [9.17, 15) is 14.4 Å². The predicted molar refractivity (Wildman–Crippen MR) is 64.8 cm³/mol. The molecule has 0 saturated heterocycles. The van der Waals surface area contributed by atoms with Crippen LogP contribution in [0.2, 0.25) is 0 Å². The van der Waals surface area contributed by atoms with Gasteiger partial charge in [0.05, 0.1) is 5.69 Å². The van der Waals surface area contributed by atoms with Crippen LogP contribution in [-0.2, 0) is 0 Å². The van der Waals surface area contributed by atoms with E-state index in [2.05, 4.69) is 10.6 Å². The van der Waals surface area contributed by atoms with E-state index in [-0.39, 0.29) is 11.6 Å². The summed E-state index contributed by atoms with van der Waals surface area (Å²) in [4.78, 5) is 34.2. The molecule has 0 aliphatic carbocycles. The quantitative estimate of drug-likeness (QED) is 0.726. The van der Waals surface area contributed by atoms with Gasteiger partial charge < -0.3 is 15.7 Å². The fourth-order valence-corrected chi connectivity index (χ4v) is 1.33. The van der Waals surface area contributed by atoms with Crippen molar-refractivity contribution < 1.29 is 19.5 Å². The van der Waals surface area contributed by atoms with Crippen LogP contribution in [0.25, 0.3) is 0 Å². The summed E-state index contributed by atoms with van der Waals surface area (Å²) in [6.07, 6.45) is -1.40. The summed E-state index contributed by atoms with van der Waals surface area (Å²) in [5, 5.41) is 13.6. The molecule has 0 heterocycles. The zero-order valence-corrected chi connectivity index (χ0v) is 9.93. The second-order valence-electron chi connectivity index (χ2n) is 3.30. The molecule has 7 nitrogen and oxygen atoms in total. The van der Waals surface area contributed by atoms with Crippen molar-refractivity contribution in [2.45, 2.75) is 0 Å². The average Bonchev–Trinajstić information content (AvgIpc) is 2.38. The average molecular weight is 251 g/mol. The lowest BCUT2D eigenvalue weighted by atomic mass is 10.2. The normalized spacial score (nSPS) is 9.44. The minimum atomic E-state index is -1.40. The summed E-state index contributed by atoms with van der Waals surface area (Å²) in [5.41, 5.74) is 0.540. The van der Waals surface area contributed by atoms with Crippen LogP contribution in [0.3, 0.4) is 0 Å². The highest BCUT2D eigenvalue weighted by Gasteiger charge is 2.21. The van der Waals surface area contributed by atoms with Gasteiger partial charge in [-0.3, -0.25) is 4.79 Å². The molecule has 0 fully saturated rings. The van der Waals surface area contributed by atoms with E-state index in [4.69, 9.17) is 5.11 Å². The minimum absolute atomic E-state index is 0.162. The second kappa shape index (κ2) is 5.67. The third-order valence-corrected chi connectivity index (χ3v) is 2.22. The topological polar surface area (TPSA) is 98.7 Å². The number of hydrogen-bond donors (Lipinski definition) is 3. The van der Waals surface area contributed by atoms with Gasteiger partial charge in [0.2, 0.25) is 0 Å². The van der Waals surface area contributed by atoms with E-state index in [1.54, 1.807) is 0 Å². The Balaban J connectivity index is 3.05. The number of urea groups is 1. The van der Waals surface area contributed by atoms with Crippen LogP contribution in [0.15, 0.2) is 24.3 Å². The molecule has 1 aromatic rings. The van der Waals surface area contributed by atoms with Crippen LogP contribution in [0.1, 0.15) is 10.4 Å². The van der Waals surface area contributed by atoms with Crippen molar-refractivity contribution in [3.63, 3.8) is 0 Å². The molecule has 0 aromatic heterocycles. The summed E-state index contributed by atoms with van der Waals surface area (Å²) in [7, 11) is 2.82. The highest BCUT2D eigenvalue weighted by Crippen LogP contribution is 2.15. The predicted octanol–water partition coefficient (Wildman–Crippen LogP) is 0.870. The zero-order chi connectivity index (χ0) is 13.7. The number of hydrogen-bond acceptors (Lipinski definition) is 3. The number of carbonyl (C=O) groups is 3. The van der Waals surface area contributed by atoms with E-state index < -0.39 is 12.1 Å². The van der Waals surface area contributed by atoms with Gasteiger partial charge in [0.25, 0.3) is 5.91 Å². The van der Waals surface area contributed by atoms with E-state index >= 15 is 0 Å². The van der Waals surface area contributed by atoms with E-state index in [1.165, 1.54) is 38.4 Å². The smallest absolute Gasteiger partial charge is 0.420 e. The van der Waals surface area contributed by atoms with Crippen molar-refractivity contribution in [3.8, 4) is 0 Å². The molecule has 0 aliphatic heterocycles. The molecule has 0 saturated carbocycles. The number of carbonyl (C=O) groups excluding carboxylic acids is 2. The SMILES string of the molecule is CNC(=O)c1ccc(N(C(=O)O)C(=O)NC)cc1. The summed E-state index contributed by atoms with van der Waals surface area (Å²) in [5.74, 6) is -0.289. The van der Waals surface area contributed by atoms with Crippen molar-refractivity contribution in [3.05, 3.63) is 29.8 Å². The molecule has 4 amide bonds. The molecule has 0 aliphatic rings. The third kappa shape index (κ3) is 2.76. The highest BCUT2D eigenvalue weighted by atomic mass is 16.4. The van der Waals surface area contributed by atoms with Gasteiger partial charge in [0.15, 0.2) is 0 Å². The van der Waals surface area contributed by atoms with Crippen LogP contribution in [0.5, 0.6) is 0 Å². The fraction of sp³-hybridized carbons (Fsp3) is 0.182. The van der Waals surface area contributed by atoms with Crippen molar-refractivity contribution in [1.29, 1.82) is 0 Å². The summed E-state index contributed by atoms with van der Waals surface area (Å²) >= 11 is 0. The minimum Gasteiger partial charge on any atom is -0.464 e. The Morgan fingerprint density at radius 1 is 1.06 bits per heavy atom. The van der Waals surface area contributed by atoms with Gasteiger partial charge in [-0.2, -0.15) is 4.90 Å². The van der Waals surface area contributed by atoms with Crippen LogP contribution >= 0.6 is 0 Å². The van der Waals surface area contributed by atoms with Crippen molar-refractivity contribution in [2.75, 3.05) is 19.0 Å². The first kappa shape index (κ1) is 13.5. The third-order valence-electron chi connectivity index (χ3n) is 2.22. The molecule has 0 bridgehead atoms. The van der Waals surface area contributed by atoms with Gasteiger partial charge in [-0.15, -0.1) is 0 Å². The van der Waals surface area contributed by atoms with Crippen LogP contribution in [0, 0.1) is 0 Å². The molecule has 0 spiro atoms. The van der Waals surface area contributed by atoms with Crippen LogP contribution in [0.4, 0.5) is 15.3 Å². The number of amides is 4. The Bertz CT molecular complexity index is 470. The summed E-state index contributed by atoms with van der Waals surface area (Å²) < 4.78 is 0. The molecule has 1 rings (SSSR count). The van der Waals surface area contributed by atoms with Crippen molar-refractivity contribution >= 4 is 23.7 Å². The van der Waals surface area contributed by atoms with Gasteiger partial charge in [0.1, 0.15) is 0 Å². The summed E-state index contributed by atoms with van der Waals surface area (Å²) in [6.45, 7) is 0. The first-order chi connectivity index (χ1) is 8.51. The van der Waals surface area contributed by atoms with E-state index in [0.29, 0.717) is 10.5 Å². The number of carboxylic acid groups (broad SMARTS) is 1. The first-order valence-electron chi connectivity index (χ1n) is 5.08. The van der Waals surface area contributed by atoms with Crippen LogP contribution in [-0.4, -0.2) is 37.2 Å². The lowest BCUT2D eigenvalue weighted by molar-refractivity contribution is 0.0963. The Morgan fingerprint density at radius 2 is 1.61 bits per heavy atom. The summed E-state index contributed by atoms with van der Waals surface area (Å²) in [6, 6.07) is 4.87. The number of anilines is 1. The molecule has 96 valence electrons. The van der Waals surface area contributed by atoms with Gasteiger partial charge in [-0.25, -0.2) is 9.59 Å². The standard InChI is InChI=1S/C11H13N3O4/c1-12-9(15)7-3-5-8(6-4-7)14(11(17)18)10(16)13-2/h3-6H,1-2H3,(H,12,15)(H,13,16)(H,17,18). The van der Waals surface area contributed by atoms with Gasteiger partial charge in [0, 0.05) is 19.7 Å². The number of rotatable bonds is 2. The Labute approximate surface area is 103 Å². The molecular formula is C11H13N3O4. The van der Waals surface area contributed by atoms with Gasteiger partial charge >= 0.3 is 12.1 Å². The maximum atomic E-state index is 11.4. The maximum absolute atomic E-state index is 11.4. The van der Waals surface area contributed by atoms with Crippen LogP contribution < -0.4 is 15.5 Å². The van der Waals surface area contributed by atoms with Crippen molar-refractivity contribution in [2.24, 2.45) is 0 Å². The van der Waals surface area contributed by atoms with E-state index in [0.717, 1.165) is 0 Å². The van der Waals surface area contributed by atoms with Gasteiger partial charge in [-0.05, 0) is 24.3 Å². The fourth-order valence-electron chi connectivity index (χ4n) is 1.33. The lowest BCUT2D eigenvalue weighted by Crippen LogP contribution is -2.41. The number of imide groups is 1. The highest BCUT2D eigenvalue weighted by molar-refractivity contribution is 6.10. The van der Waals surface area contributed by atoms with Gasteiger partial charge in [-0.1, -0.05) is 0 Å². The maximum Gasteiger partial charge on any atom is 0.420 e. The van der Waals surface area contributed by atoms with Crippen molar-refractivity contribution in [1.82, 2.24) is 10.6 Å². The Hall–Kier alpha value is -2.57. The second-order valence-corrected chi connectivity index (χ2v) is 3.30. The zero-order valence-electron chi connectivity index (χ0n) is 9.93. The molecule has 7 heteroatoms. The number of nitrogens with one attached hydrogen (secondary N) is 2. The molecule has 18 heavy (non-hydrogen) atoms. The first-order valence-corrected chi connectivity index (χ1v) is 5.08. The van der Waals surface area contributed by atoms with E-state index in [1.807, 2.05) is 0 Å². The molecule has 1 aromatic carbocycles. The molecule has 3 N–H and O–H groups in total. The number of nitrogens with zero attached hydrogens (tertiary/aromatic N) is 1. The lowest BCUT2D eigenvalue weighted by Gasteiger charge is -2.16.